The Balaban J connectivity index is 3.60. The van der Waals surface area contributed by atoms with Crippen LogP contribution in [0.15, 0.2) is 0 Å². The summed E-state index contributed by atoms with van der Waals surface area (Å²) >= 11 is 5.66. The van der Waals surface area contributed by atoms with E-state index in [0.717, 1.165) is 0 Å². The second kappa shape index (κ2) is 4.68. The molecule has 0 radical (unpaired) electrons. The molecule has 6 nitrogen and oxygen atoms in total. The smallest absolute Gasteiger partial charge is 0.178 e. The minimum absolute atomic E-state index is 0.130. The van der Waals surface area contributed by atoms with E-state index in [4.69, 9.17) is 32.8 Å². The topological polar surface area (TPSA) is 121 Å². The number of nitrogens with one attached hydrogen (secondary N) is 1. The molecule has 0 amide bonds. The fourth-order valence-corrected chi connectivity index (χ4v) is 1.09. The van der Waals surface area contributed by atoms with Gasteiger partial charge in [-0.2, -0.15) is 15.8 Å². The Morgan fingerprint density at radius 3 is 2.12 bits per heavy atom. The highest BCUT2D eigenvalue weighted by Gasteiger charge is 2.15. The van der Waals surface area contributed by atoms with Crippen LogP contribution in [0.1, 0.15) is 17.1 Å². The first kappa shape index (κ1) is 11.4. The lowest BCUT2D eigenvalue weighted by Gasteiger charge is -2.00. The summed E-state index contributed by atoms with van der Waals surface area (Å²) in [6.45, 7) is 0. The van der Waals surface area contributed by atoms with E-state index in [0.29, 0.717) is 0 Å². The van der Waals surface area contributed by atoms with Gasteiger partial charge in [0.2, 0.25) is 0 Å². The Hall–Kier alpha value is -2.71. The average molecular weight is 229 g/mol. The van der Waals surface area contributed by atoms with E-state index in [2.05, 4.69) is 9.97 Å². The third kappa shape index (κ3) is 1.87. The maximum absolute atomic E-state index is 8.69. The molecule has 7 heteroatoms. The summed E-state index contributed by atoms with van der Waals surface area (Å²) in [5, 5.41) is 32.6. The number of hydrogen-bond acceptors (Lipinski definition) is 6. The first-order chi connectivity index (χ1) is 7.67. The van der Waals surface area contributed by atoms with Crippen LogP contribution in [0.4, 0.5) is 0 Å². The Kier molecular flexibility index (Phi) is 3.33. The van der Waals surface area contributed by atoms with E-state index in [-0.39, 0.29) is 27.8 Å². The van der Waals surface area contributed by atoms with E-state index in [1.807, 2.05) is 5.87 Å². The lowest BCUT2D eigenvalue weighted by molar-refractivity contribution is 1.11. The van der Waals surface area contributed by atoms with Crippen molar-refractivity contribution in [3.8, 4) is 18.2 Å². The number of halogens is 1. The van der Waals surface area contributed by atoms with Gasteiger partial charge >= 0.3 is 0 Å². The SMILES string of the molecule is N#CC(=C=N)c1nc(C#N)c(C#N)nc1Cl. The summed E-state index contributed by atoms with van der Waals surface area (Å²) in [6.07, 6.45) is 0. The van der Waals surface area contributed by atoms with Gasteiger partial charge in [0.25, 0.3) is 0 Å². The molecule has 0 unspecified atom stereocenters. The number of hydrogen-bond donors (Lipinski definition) is 1. The molecule has 0 aliphatic heterocycles. The second-order valence-corrected chi connectivity index (χ2v) is 2.75. The first-order valence-corrected chi connectivity index (χ1v) is 4.13. The van der Waals surface area contributed by atoms with E-state index in [1.165, 1.54) is 0 Å². The van der Waals surface area contributed by atoms with Crippen molar-refractivity contribution >= 4 is 23.0 Å². The van der Waals surface area contributed by atoms with Crippen molar-refractivity contribution < 1.29 is 0 Å². The summed E-state index contributed by atoms with van der Waals surface area (Å²) in [5.41, 5.74) is -0.850. The minimum atomic E-state index is -0.251. The molecule has 0 saturated heterocycles. The van der Waals surface area contributed by atoms with Crippen molar-refractivity contribution in [2.24, 2.45) is 0 Å². The van der Waals surface area contributed by atoms with Crippen LogP contribution in [0.5, 0.6) is 0 Å². The molecule has 0 saturated carbocycles. The van der Waals surface area contributed by atoms with Gasteiger partial charge in [-0.1, -0.05) is 11.6 Å². The van der Waals surface area contributed by atoms with E-state index in [1.54, 1.807) is 18.2 Å². The molecule has 1 aromatic heterocycles. The molecule has 0 bridgehead atoms. The minimum Gasteiger partial charge on any atom is -0.257 e. The summed E-state index contributed by atoms with van der Waals surface area (Å²) in [6, 6.07) is 4.94. The van der Waals surface area contributed by atoms with Crippen LogP contribution in [0.2, 0.25) is 5.15 Å². The van der Waals surface area contributed by atoms with E-state index in [9.17, 15) is 0 Å². The third-order valence-electron chi connectivity index (χ3n) is 1.54. The monoisotopic (exact) mass is 228 g/mol. The Morgan fingerprint density at radius 1 is 1.12 bits per heavy atom. The Morgan fingerprint density at radius 2 is 1.69 bits per heavy atom. The normalized spacial score (nSPS) is 8.12. The third-order valence-corrected chi connectivity index (χ3v) is 1.80. The van der Waals surface area contributed by atoms with Crippen molar-refractivity contribution in [3.05, 3.63) is 22.2 Å². The van der Waals surface area contributed by atoms with Crippen LogP contribution in [-0.2, 0) is 0 Å². The van der Waals surface area contributed by atoms with Crippen molar-refractivity contribution in [1.29, 1.82) is 21.2 Å². The molecular weight excluding hydrogens is 228 g/mol. The predicted molar refractivity (Wildman–Crippen MR) is 53.2 cm³/mol. The van der Waals surface area contributed by atoms with Crippen molar-refractivity contribution in [1.82, 2.24) is 9.97 Å². The van der Waals surface area contributed by atoms with Crippen LogP contribution in [0.3, 0.4) is 0 Å². The van der Waals surface area contributed by atoms with Gasteiger partial charge in [-0.15, -0.1) is 0 Å². The van der Waals surface area contributed by atoms with Crippen LogP contribution in [-0.4, -0.2) is 15.8 Å². The van der Waals surface area contributed by atoms with E-state index < -0.39 is 0 Å². The van der Waals surface area contributed by atoms with Crippen molar-refractivity contribution in [3.63, 3.8) is 0 Å². The zero-order chi connectivity index (χ0) is 12.1. The maximum Gasteiger partial charge on any atom is 0.178 e. The molecule has 0 aliphatic carbocycles. The van der Waals surface area contributed by atoms with Gasteiger partial charge in [-0.25, -0.2) is 9.97 Å². The predicted octanol–water partition coefficient (Wildman–Crippen LogP) is 1.03. The second-order valence-electron chi connectivity index (χ2n) is 2.40. The molecule has 74 valence electrons. The number of rotatable bonds is 1. The van der Waals surface area contributed by atoms with E-state index >= 15 is 0 Å². The van der Waals surface area contributed by atoms with Crippen LogP contribution in [0.25, 0.3) is 5.57 Å². The molecule has 1 rings (SSSR count). The summed E-state index contributed by atoms with van der Waals surface area (Å²) < 4.78 is 0. The van der Waals surface area contributed by atoms with Crippen molar-refractivity contribution in [2.45, 2.75) is 0 Å². The quantitative estimate of drug-likeness (QED) is 0.568. The fourth-order valence-electron chi connectivity index (χ4n) is 0.870. The maximum atomic E-state index is 8.69. The zero-order valence-electron chi connectivity index (χ0n) is 7.61. The van der Waals surface area contributed by atoms with Crippen LogP contribution >= 0.6 is 11.6 Å². The van der Waals surface area contributed by atoms with Gasteiger partial charge in [0, 0.05) is 0 Å². The summed E-state index contributed by atoms with van der Waals surface area (Å²) in [5.74, 6) is 1.82. The molecule has 1 N–H and O–H groups in total. The van der Waals surface area contributed by atoms with Gasteiger partial charge in [0.1, 0.15) is 29.5 Å². The lowest BCUT2D eigenvalue weighted by Crippen LogP contribution is -2.00. The van der Waals surface area contributed by atoms with Crippen molar-refractivity contribution in [2.75, 3.05) is 0 Å². The average Bonchev–Trinajstić information content (AvgIpc) is 2.32. The number of nitriles is 3. The van der Waals surface area contributed by atoms with Gasteiger partial charge in [0.05, 0.1) is 0 Å². The number of nitrogens with zero attached hydrogens (tertiary/aromatic N) is 5. The van der Waals surface area contributed by atoms with Gasteiger partial charge in [0.15, 0.2) is 16.5 Å². The lowest BCUT2D eigenvalue weighted by atomic mass is 10.2. The molecule has 0 aromatic carbocycles. The molecule has 16 heavy (non-hydrogen) atoms. The highest BCUT2D eigenvalue weighted by atomic mass is 35.5. The first-order valence-electron chi connectivity index (χ1n) is 3.75. The van der Waals surface area contributed by atoms with Gasteiger partial charge < -0.3 is 0 Å². The Bertz CT molecular complexity index is 621. The highest BCUT2D eigenvalue weighted by molar-refractivity contribution is 6.31. The van der Waals surface area contributed by atoms with Crippen LogP contribution < -0.4 is 0 Å². The molecule has 1 aromatic rings. The molecule has 0 fully saturated rings. The largest absolute Gasteiger partial charge is 0.257 e. The number of allylic oxidation sites excluding steroid dienone is 1. The molecule has 0 spiro atoms. The zero-order valence-corrected chi connectivity index (χ0v) is 8.37. The summed E-state index contributed by atoms with van der Waals surface area (Å²) in [4.78, 5) is 7.29. The molecule has 1 heterocycles. The van der Waals surface area contributed by atoms with Crippen LogP contribution in [0, 0.1) is 39.4 Å². The standard InChI is InChI=1S/C9HClN6/c10-9-8(5(1-11)2-12)15-6(3-13)7(4-14)16-9/h11H. The highest BCUT2D eigenvalue weighted by Crippen LogP contribution is 2.19. The molecular formula is C9HClN6. The molecule has 0 atom stereocenters. The number of aromatic nitrogens is 2. The fraction of sp³-hybridized carbons (Fsp3) is 0. The summed E-state index contributed by atoms with van der Waals surface area (Å²) in [7, 11) is 0. The Labute approximate surface area is 95.2 Å². The molecule has 0 aliphatic rings. The van der Waals surface area contributed by atoms with Gasteiger partial charge in [-0.3, -0.25) is 5.41 Å². The van der Waals surface area contributed by atoms with Gasteiger partial charge in [-0.05, 0) is 5.87 Å².